The number of rotatable bonds is 3. The number of anilines is 2. The molecule has 1 aliphatic rings. The normalized spacial score (nSPS) is 18.0. The van der Waals surface area contributed by atoms with Gasteiger partial charge in [0.15, 0.2) is 0 Å². The van der Waals surface area contributed by atoms with E-state index in [4.69, 9.17) is 0 Å². The molecule has 1 fully saturated rings. The Morgan fingerprint density at radius 1 is 1.08 bits per heavy atom. The van der Waals surface area contributed by atoms with E-state index in [0.717, 1.165) is 4.31 Å². The molecule has 0 bridgehead atoms. The van der Waals surface area contributed by atoms with Gasteiger partial charge in [0.25, 0.3) is 5.91 Å². The molecule has 0 radical (unpaired) electrons. The van der Waals surface area contributed by atoms with Crippen molar-refractivity contribution in [2.75, 3.05) is 15.4 Å². The van der Waals surface area contributed by atoms with Crippen LogP contribution in [0, 0.1) is 11.2 Å². The van der Waals surface area contributed by atoms with Crippen molar-refractivity contribution in [1.82, 2.24) is 0 Å². The average Bonchev–Trinajstić information content (AvgIpc) is 2.73. The van der Waals surface area contributed by atoms with Crippen LogP contribution in [0.1, 0.15) is 24.2 Å². The Morgan fingerprint density at radius 2 is 1.65 bits per heavy atom. The van der Waals surface area contributed by atoms with Gasteiger partial charge in [0.2, 0.25) is 15.9 Å². The second kappa shape index (κ2) is 6.21. The zero-order valence-corrected chi connectivity index (χ0v) is 15.0. The van der Waals surface area contributed by atoms with Crippen molar-refractivity contribution in [3.05, 3.63) is 59.9 Å². The molecule has 26 heavy (non-hydrogen) atoms. The van der Waals surface area contributed by atoms with Crippen molar-refractivity contribution in [1.29, 1.82) is 0 Å². The predicted octanol–water partition coefficient (Wildman–Crippen LogP) is 2.78. The second-order valence-electron chi connectivity index (χ2n) is 6.72. The first-order chi connectivity index (χ1) is 12.1. The van der Waals surface area contributed by atoms with Crippen LogP contribution in [0.2, 0.25) is 0 Å². The molecule has 0 saturated carbocycles. The van der Waals surface area contributed by atoms with Gasteiger partial charge in [0.05, 0.1) is 16.9 Å². The number of carbonyl (C=O) groups excluding carboxylic acids is 2. The average molecular weight is 376 g/mol. The van der Waals surface area contributed by atoms with E-state index in [1.165, 1.54) is 48.5 Å². The molecule has 0 aliphatic carbocycles. The van der Waals surface area contributed by atoms with Gasteiger partial charge < -0.3 is 5.32 Å². The van der Waals surface area contributed by atoms with Crippen molar-refractivity contribution < 1.29 is 22.4 Å². The summed E-state index contributed by atoms with van der Waals surface area (Å²) in [5, 5.41) is 2.61. The summed E-state index contributed by atoms with van der Waals surface area (Å²) in [6.45, 7) is 3.16. The minimum atomic E-state index is -3.73. The fourth-order valence-corrected chi connectivity index (χ4v) is 4.85. The molecule has 2 amide bonds. The van der Waals surface area contributed by atoms with Gasteiger partial charge >= 0.3 is 0 Å². The summed E-state index contributed by atoms with van der Waals surface area (Å²) in [6.07, 6.45) is 0. The van der Waals surface area contributed by atoms with Gasteiger partial charge in [-0.05, 0) is 62.4 Å². The lowest BCUT2D eigenvalue weighted by molar-refractivity contribution is -0.123. The van der Waals surface area contributed by atoms with Crippen LogP contribution in [0.15, 0.2) is 48.5 Å². The lowest BCUT2D eigenvalue weighted by Crippen LogP contribution is -2.32. The smallest absolute Gasteiger partial charge is 0.255 e. The van der Waals surface area contributed by atoms with Gasteiger partial charge in [-0.3, -0.25) is 9.59 Å². The second-order valence-corrected chi connectivity index (χ2v) is 8.54. The quantitative estimate of drug-likeness (QED) is 0.893. The maximum atomic E-state index is 12.9. The fraction of sp³-hybridized carbons (Fsp3) is 0.222. The van der Waals surface area contributed by atoms with E-state index in [1.807, 2.05) is 0 Å². The van der Waals surface area contributed by atoms with Gasteiger partial charge in [0, 0.05) is 11.3 Å². The van der Waals surface area contributed by atoms with Crippen LogP contribution in [0.5, 0.6) is 0 Å². The van der Waals surface area contributed by atoms with Crippen molar-refractivity contribution in [2.45, 2.75) is 13.8 Å². The molecule has 1 saturated heterocycles. The highest BCUT2D eigenvalue weighted by Gasteiger charge is 2.49. The molecule has 1 aliphatic heterocycles. The van der Waals surface area contributed by atoms with Crippen LogP contribution in [0.4, 0.5) is 15.8 Å². The monoisotopic (exact) mass is 376 g/mol. The number of hydrogen-bond acceptors (Lipinski definition) is 4. The van der Waals surface area contributed by atoms with Gasteiger partial charge in [-0.15, -0.1) is 0 Å². The third kappa shape index (κ3) is 3.32. The van der Waals surface area contributed by atoms with Crippen molar-refractivity contribution in [3.63, 3.8) is 0 Å². The largest absolute Gasteiger partial charge is 0.322 e. The molecular weight excluding hydrogens is 359 g/mol. The van der Waals surface area contributed by atoms with Crippen LogP contribution in [-0.4, -0.2) is 26.0 Å². The Bertz CT molecular complexity index is 967. The number of halogens is 1. The van der Waals surface area contributed by atoms with Crippen LogP contribution in [0.3, 0.4) is 0 Å². The third-order valence-electron chi connectivity index (χ3n) is 4.05. The maximum Gasteiger partial charge on any atom is 0.255 e. The highest BCUT2D eigenvalue weighted by Crippen LogP contribution is 2.35. The molecule has 2 aromatic rings. The highest BCUT2D eigenvalue weighted by molar-refractivity contribution is 7.94. The number of nitrogens with one attached hydrogen (secondary N) is 1. The molecule has 6 nitrogen and oxygen atoms in total. The topological polar surface area (TPSA) is 83.6 Å². The predicted molar refractivity (Wildman–Crippen MR) is 95.8 cm³/mol. The number of hydrogen-bond donors (Lipinski definition) is 1. The molecule has 0 unspecified atom stereocenters. The molecule has 8 heteroatoms. The van der Waals surface area contributed by atoms with Gasteiger partial charge in [0.1, 0.15) is 5.82 Å². The molecule has 1 N–H and O–H groups in total. The Kier molecular flexibility index (Phi) is 4.31. The van der Waals surface area contributed by atoms with Gasteiger partial charge in [-0.1, -0.05) is 0 Å². The van der Waals surface area contributed by atoms with E-state index in [2.05, 4.69) is 5.32 Å². The number of carbonyl (C=O) groups is 2. The van der Waals surface area contributed by atoms with Crippen LogP contribution >= 0.6 is 0 Å². The third-order valence-corrected chi connectivity index (χ3v) is 6.07. The fourth-order valence-electron chi connectivity index (χ4n) is 2.75. The SMILES string of the molecule is CC1(C)CS(=O)(=O)N(c2ccc(C(=O)Nc3ccc(F)cc3)cc2)C1=O. The first-order valence-electron chi connectivity index (χ1n) is 7.85. The minimum Gasteiger partial charge on any atom is -0.322 e. The molecule has 0 atom stereocenters. The molecule has 1 heterocycles. The molecule has 0 spiro atoms. The first-order valence-corrected chi connectivity index (χ1v) is 9.45. The number of nitrogens with zero attached hydrogens (tertiary/aromatic N) is 1. The summed E-state index contributed by atoms with van der Waals surface area (Å²) in [5.41, 5.74) is -0.0860. The van der Waals surface area contributed by atoms with E-state index in [-0.39, 0.29) is 17.0 Å². The van der Waals surface area contributed by atoms with E-state index in [0.29, 0.717) is 5.69 Å². The number of benzene rings is 2. The standard InChI is InChI=1S/C18H17FN2O4S/c1-18(2)11-26(24,25)21(17(18)23)15-9-3-12(4-10-15)16(22)20-14-7-5-13(19)6-8-14/h3-10H,11H2,1-2H3,(H,20,22). The molecule has 136 valence electrons. The molecule has 2 aromatic carbocycles. The first kappa shape index (κ1) is 18.1. The van der Waals surface area contributed by atoms with E-state index < -0.39 is 33.1 Å². The minimum absolute atomic E-state index is 0.193. The summed E-state index contributed by atoms with van der Waals surface area (Å²) >= 11 is 0. The van der Waals surface area contributed by atoms with Crippen molar-refractivity contribution in [2.24, 2.45) is 5.41 Å². The summed E-state index contributed by atoms with van der Waals surface area (Å²) in [6, 6.07) is 11.0. The maximum absolute atomic E-state index is 12.9. The van der Waals surface area contributed by atoms with Crippen LogP contribution < -0.4 is 9.62 Å². The Labute approximate surface area is 150 Å². The summed E-state index contributed by atoms with van der Waals surface area (Å²) < 4.78 is 38.2. The zero-order valence-electron chi connectivity index (χ0n) is 14.2. The molecule has 0 aromatic heterocycles. The Balaban J connectivity index is 1.81. The number of amides is 2. The summed E-state index contributed by atoms with van der Waals surface area (Å²) in [5.74, 6) is -1.60. The Hall–Kier alpha value is -2.74. The van der Waals surface area contributed by atoms with Crippen molar-refractivity contribution in [3.8, 4) is 0 Å². The van der Waals surface area contributed by atoms with Gasteiger partial charge in [-0.25, -0.2) is 17.1 Å². The van der Waals surface area contributed by atoms with Crippen molar-refractivity contribution >= 4 is 33.2 Å². The van der Waals surface area contributed by atoms with Crippen LogP contribution in [0.25, 0.3) is 0 Å². The van der Waals surface area contributed by atoms with E-state index in [9.17, 15) is 22.4 Å². The molecule has 3 rings (SSSR count). The van der Waals surface area contributed by atoms with E-state index in [1.54, 1.807) is 13.8 Å². The van der Waals surface area contributed by atoms with Gasteiger partial charge in [-0.2, -0.15) is 0 Å². The summed E-state index contributed by atoms with van der Waals surface area (Å²) in [7, 11) is -3.73. The van der Waals surface area contributed by atoms with Crippen LogP contribution in [-0.2, 0) is 14.8 Å². The molecular formula is C18H17FN2O4S. The zero-order chi connectivity index (χ0) is 19.1. The Morgan fingerprint density at radius 3 is 2.15 bits per heavy atom. The number of sulfonamides is 1. The lowest BCUT2D eigenvalue weighted by atomic mass is 9.95. The summed E-state index contributed by atoms with van der Waals surface area (Å²) in [4.78, 5) is 24.6. The highest BCUT2D eigenvalue weighted by atomic mass is 32.2. The van der Waals surface area contributed by atoms with E-state index >= 15 is 0 Å². The lowest BCUT2D eigenvalue weighted by Gasteiger charge is -2.17.